The molecule has 4 nitrogen and oxygen atoms in total. The van der Waals surface area contributed by atoms with Crippen LogP contribution in [0.3, 0.4) is 0 Å². The number of aryl methyl sites for hydroxylation is 1. The van der Waals surface area contributed by atoms with Crippen molar-refractivity contribution in [1.29, 1.82) is 0 Å². The SMILES string of the molecule is CCn1cc(F)c2ccc(OC3CCC4(CC3)CNC4)nc21. The van der Waals surface area contributed by atoms with E-state index >= 15 is 0 Å². The highest BCUT2D eigenvalue weighted by Gasteiger charge is 2.40. The molecule has 3 heterocycles. The molecule has 1 aliphatic heterocycles. The number of nitrogens with one attached hydrogen (secondary N) is 1. The number of fused-ring (bicyclic) bond motifs is 1. The molecule has 118 valence electrons. The quantitative estimate of drug-likeness (QED) is 0.947. The summed E-state index contributed by atoms with van der Waals surface area (Å²) in [7, 11) is 0. The van der Waals surface area contributed by atoms with Gasteiger partial charge in [0.2, 0.25) is 5.88 Å². The second-order valence-electron chi connectivity index (χ2n) is 6.70. The summed E-state index contributed by atoms with van der Waals surface area (Å²) in [6.07, 6.45) is 6.38. The van der Waals surface area contributed by atoms with E-state index in [4.69, 9.17) is 4.74 Å². The first-order valence-electron chi connectivity index (χ1n) is 8.22. The van der Waals surface area contributed by atoms with Crippen molar-refractivity contribution in [3.05, 3.63) is 24.1 Å². The molecule has 0 bridgehead atoms. The van der Waals surface area contributed by atoms with Crippen molar-refractivity contribution >= 4 is 11.0 Å². The summed E-state index contributed by atoms with van der Waals surface area (Å²) in [4.78, 5) is 4.52. The largest absolute Gasteiger partial charge is 0.474 e. The lowest BCUT2D eigenvalue weighted by molar-refractivity contribution is 0.0403. The van der Waals surface area contributed by atoms with E-state index in [0.29, 0.717) is 28.9 Å². The van der Waals surface area contributed by atoms with Gasteiger partial charge in [-0.25, -0.2) is 4.39 Å². The fraction of sp³-hybridized carbons (Fsp3) is 0.588. The molecule has 0 atom stereocenters. The van der Waals surface area contributed by atoms with Gasteiger partial charge in [-0.15, -0.1) is 0 Å². The van der Waals surface area contributed by atoms with Crippen LogP contribution in [0.15, 0.2) is 18.3 Å². The normalized spacial score (nSPS) is 21.2. The Bertz CT molecular complexity index is 683. The van der Waals surface area contributed by atoms with E-state index in [-0.39, 0.29) is 11.9 Å². The topological polar surface area (TPSA) is 39.1 Å². The molecule has 2 aliphatic rings. The Morgan fingerprint density at radius 2 is 2.14 bits per heavy atom. The third kappa shape index (κ3) is 2.28. The van der Waals surface area contributed by atoms with Crippen LogP contribution in [0.1, 0.15) is 32.6 Å². The molecule has 4 rings (SSSR count). The Balaban J connectivity index is 1.50. The first-order valence-corrected chi connectivity index (χ1v) is 8.22. The van der Waals surface area contributed by atoms with Crippen LogP contribution in [0, 0.1) is 11.2 Å². The second-order valence-corrected chi connectivity index (χ2v) is 6.70. The molecule has 0 amide bonds. The third-order valence-corrected chi connectivity index (χ3v) is 5.27. The summed E-state index contributed by atoms with van der Waals surface area (Å²) in [6, 6.07) is 3.57. The number of halogens is 1. The minimum atomic E-state index is -0.215. The summed E-state index contributed by atoms with van der Waals surface area (Å²) in [5.74, 6) is 0.404. The molecule has 2 aromatic rings. The standard InChI is InChI=1S/C17H22FN3O/c1-2-21-9-14(18)13-3-4-15(20-16(13)21)22-12-5-7-17(8-6-12)10-19-11-17/h3-4,9,12,19H,2,5-8,10-11H2,1H3. The van der Waals surface area contributed by atoms with E-state index in [1.54, 1.807) is 12.1 Å². The molecule has 1 N–H and O–H groups in total. The maximum absolute atomic E-state index is 13.8. The van der Waals surface area contributed by atoms with E-state index in [0.717, 1.165) is 25.9 Å². The Morgan fingerprint density at radius 3 is 2.77 bits per heavy atom. The van der Waals surface area contributed by atoms with Crippen LogP contribution >= 0.6 is 0 Å². The van der Waals surface area contributed by atoms with Gasteiger partial charge >= 0.3 is 0 Å². The molecule has 1 aliphatic carbocycles. The van der Waals surface area contributed by atoms with Crippen molar-refractivity contribution in [1.82, 2.24) is 14.9 Å². The van der Waals surface area contributed by atoms with Crippen molar-refractivity contribution in [2.24, 2.45) is 5.41 Å². The molecule has 2 fully saturated rings. The van der Waals surface area contributed by atoms with Crippen LogP contribution in [0.25, 0.3) is 11.0 Å². The fourth-order valence-electron chi connectivity index (χ4n) is 3.73. The van der Waals surface area contributed by atoms with E-state index in [2.05, 4.69) is 10.3 Å². The highest BCUT2D eigenvalue weighted by Crippen LogP contribution is 2.40. The number of rotatable bonds is 3. The van der Waals surface area contributed by atoms with Crippen LogP contribution in [0.4, 0.5) is 4.39 Å². The smallest absolute Gasteiger partial charge is 0.215 e. The van der Waals surface area contributed by atoms with Gasteiger partial charge in [-0.3, -0.25) is 0 Å². The number of pyridine rings is 1. The molecule has 1 saturated heterocycles. The maximum Gasteiger partial charge on any atom is 0.215 e. The van der Waals surface area contributed by atoms with Crippen LogP contribution < -0.4 is 10.1 Å². The fourth-order valence-corrected chi connectivity index (χ4v) is 3.73. The molecule has 0 aromatic carbocycles. The van der Waals surface area contributed by atoms with E-state index in [9.17, 15) is 4.39 Å². The van der Waals surface area contributed by atoms with Gasteiger partial charge in [-0.05, 0) is 44.1 Å². The molecule has 2 aromatic heterocycles. The summed E-state index contributed by atoms with van der Waals surface area (Å²) in [5.41, 5.74) is 1.21. The highest BCUT2D eigenvalue weighted by atomic mass is 19.1. The van der Waals surface area contributed by atoms with Gasteiger partial charge in [0.05, 0.1) is 5.39 Å². The van der Waals surface area contributed by atoms with Gasteiger partial charge in [0.1, 0.15) is 17.6 Å². The number of nitrogens with zero attached hydrogens (tertiary/aromatic N) is 2. The summed E-state index contributed by atoms with van der Waals surface area (Å²) >= 11 is 0. The zero-order valence-corrected chi connectivity index (χ0v) is 12.9. The maximum atomic E-state index is 13.8. The Kier molecular flexibility index (Phi) is 3.33. The molecule has 22 heavy (non-hydrogen) atoms. The molecular weight excluding hydrogens is 281 g/mol. The van der Waals surface area contributed by atoms with Gasteiger partial charge in [-0.2, -0.15) is 4.98 Å². The van der Waals surface area contributed by atoms with Gasteiger partial charge in [0.15, 0.2) is 0 Å². The molecular formula is C17H22FN3O. The molecule has 0 unspecified atom stereocenters. The number of hydrogen-bond donors (Lipinski definition) is 1. The Hall–Kier alpha value is -1.62. The predicted octanol–water partition coefficient (Wildman–Crippen LogP) is 3.11. The van der Waals surface area contributed by atoms with Crippen molar-refractivity contribution in [3.8, 4) is 5.88 Å². The predicted molar refractivity (Wildman–Crippen MR) is 83.6 cm³/mol. The highest BCUT2D eigenvalue weighted by molar-refractivity contribution is 5.77. The average molecular weight is 303 g/mol. The number of ether oxygens (including phenoxy) is 1. The van der Waals surface area contributed by atoms with Gasteiger partial charge in [-0.1, -0.05) is 0 Å². The van der Waals surface area contributed by atoms with E-state index in [1.165, 1.54) is 19.0 Å². The lowest BCUT2D eigenvalue weighted by atomic mass is 9.69. The van der Waals surface area contributed by atoms with Gasteiger partial charge in [0, 0.05) is 31.9 Å². The van der Waals surface area contributed by atoms with Gasteiger partial charge < -0.3 is 14.6 Å². The van der Waals surface area contributed by atoms with Crippen molar-refractivity contribution in [3.63, 3.8) is 0 Å². The Labute approximate surface area is 129 Å². The third-order valence-electron chi connectivity index (χ3n) is 5.27. The molecule has 5 heteroatoms. The number of aromatic nitrogens is 2. The first-order chi connectivity index (χ1) is 10.7. The second kappa shape index (κ2) is 5.23. The monoisotopic (exact) mass is 303 g/mol. The van der Waals surface area contributed by atoms with E-state index in [1.807, 2.05) is 11.5 Å². The molecule has 0 radical (unpaired) electrons. The van der Waals surface area contributed by atoms with Crippen molar-refractivity contribution < 1.29 is 9.13 Å². The van der Waals surface area contributed by atoms with Crippen LogP contribution in [-0.4, -0.2) is 28.7 Å². The van der Waals surface area contributed by atoms with Gasteiger partial charge in [0.25, 0.3) is 0 Å². The summed E-state index contributed by atoms with van der Waals surface area (Å²) < 4.78 is 21.7. The zero-order chi connectivity index (χ0) is 15.2. The first kappa shape index (κ1) is 14.0. The average Bonchev–Trinajstić information content (AvgIpc) is 2.82. The lowest BCUT2D eigenvalue weighted by Gasteiger charge is -2.47. The minimum absolute atomic E-state index is 0.215. The van der Waals surface area contributed by atoms with Crippen molar-refractivity contribution in [2.45, 2.75) is 45.3 Å². The number of hydrogen-bond acceptors (Lipinski definition) is 3. The molecule has 1 spiro atoms. The minimum Gasteiger partial charge on any atom is -0.474 e. The molecule has 1 saturated carbocycles. The zero-order valence-electron chi connectivity index (χ0n) is 12.9. The van der Waals surface area contributed by atoms with Crippen LogP contribution in [-0.2, 0) is 6.54 Å². The van der Waals surface area contributed by atoms with Crippen LogP contribution in [0.5, 0.6) is 5.88 Å². The lowest BCUT2D eigenvalue weighted by Crippen LogP contribution is -2.55. The summed E-state index contributed by atoms with van der Waals surface area (Å²) in [6.45, 7) is 5.01. The van der Waals surface area contributed by atoms with E-state index < -0.39 is 0 Å². The van der Waals surface area contributed by atoms with Crippen molar-refractivity contribution in [2.75, 3.05) is 13.1 Å². The van der Waals surface area contributed by atoms with Crippen LogP contribution in [0.2, 0.25) is 0 Å². The summed E-state index contributed by atoms with van der Waals surface area (Å²) in [5, 5.41) is 3.95. The Morgan fingerprint density at radius 1 is 1.36 bits per heavy atom.